The normalized spacial score (nSPS) is 30.7. The number of fused-ring (bicyclic) bond motifs is 1. The summed E-state index contributed by atoms with van der Waals surface area (Å²) >= 11 is 0. The zero-order valence-electron chi connectivity index (χ0n) is 12.9. The number of nitrogens with one attached hydrogen (secondary N) is 1. The first-order valence-electron chi connectivity index (χ1n) is 7.81. The summed E-state index contributed by atoms with van der Waals surface area (Å²) in [5, 5.41) is 13.7. The second kappa shape index (κ2) is 5.59. The summed E-state index contributed by atoms with van der Waals surface area (Å²) in [6, 6.07) is 8.00. The van der Waals surface area contributed by atoms with Crippen LogP contribution in [-0.2, 0) is 10.3 Å². The Hall–Kier alpha value is -1.10. The summed E-state index contributed by atoms with van der Waals surface area (Å²) in [6.07, 6.45) is 3.21. The maximum atomic E-state index is 10.1. The number of hydrogen-bond donors (Lipinski definition) is 2. The fraction of sp³-hybridized carbons (Fsp3) is 0.647. The monoisotopic (exact) mass is 291 g/mol. The van der Waals surface area contributed by atoms with Crippen molar-refractivity contribution in [2.24, 2.45) is 0 Å². The van der Waals surface area contributed by atoms with Crippen LogP contribution in [0.4, 0.5) is 0 Å². The second-order valence-electron chi connectivity index (χ2n) is 6.79. The third-order valence-electron chi connectivity index (χ3n) is 4.48. The van der Waals surface area contributed by atoms with Gasteiger partial charge in [-0.25, -0.2) is 0 Å². The average Bonchev–Trinajstić information content (AvgIpc) is 2.97. The van der Waals surface area contributed by atoms with Crippen LogP contribution in [0.1, 0.15) is 38.7 Å². The molecule has 0 saturated carbocycles. The van der Waals surface area contributed by atoms with Crippen LogP contribution >= 0.6 is 0 Å². The lowest BCUT2D eigenvalue weighted by Crippen LogP contribution is -2.56. The zero-order valence-corrected chi connectivity index (χ0v) is 12.9. The van der Waals surface area contributed by atoms with Gasteiger partial charge in [0.25, 0.3) is 0 Å². The highest BCUT2D eigenvalue weighted by Gasteiger charge is 2.44. The molecule has 2 aliphatic heterocycles. The van der Waals surface area contributed by atoms with Gasteiger partial charge in [-0.3, -0.25) is 0 Å². The molecule has 21 heavy (non-hydrogen) atoms. The number of aliphatic hydroxyl groups excluding tert-OH is 1. The number of ether oxygens (including phenoxy) is 2. The van der Waals surface area contributed by atoms with Crippen LogP contribution in [-0.4, -0.2) is 36.6 Å². The van der Waals surface area contributed by atoms with Crippen molar-refractivity contribution in [2.45, 2.75) is 50.4 Å². The lowest BCUT2D eigenvalue weighted by molar-refractivity contribution is 0.00165. The number of para-hydroxylation sites is 1. The molecule has 0 spiro atoms. The predicted octanol–water partition coefficient (Wildman–Crippen LogP) is 2.20. The number of benzene rings is 1. The molecule has 0 aromatic heterocycles. The maximum Gasteiger partial charge on any atom is 0.125 e. The van der Waals surface area contributed by atoms with Crippen LogP contribution in [0.5, 0.6) is 5.75 Å². The second-order valence-corrected chi connectivity index (χ2v) is 6.79. The van der Waals surface area contributed by atoms with Crippen molar-refractivity contribution >= 4 is 0 Å². The predicted molar refractivity (Wildman–Crippen MR) is 81.5 cm³/mol. The molecule has 116 valence electrons. The van der Waals surface area contributed by atoms with Gasteiger partial charge in [0, 0.05) is 25.1 Å². The van der Waals surface area contributed by atoms with E-state index in [0.29, 0.717) is 0 Å². The first-order chi connectivity index (χ1) is 10.0. The Bertz CT molecular complexity index is 497. The minimum atomic E-state index is -0.454. The van der Waals surface area contributed by atoms with Gasteiger partial charge in [0.2, 0.25) is 0 Å². The molecule has 1 saturated heterocycles. The van der Waals surface area contributed by atoms with Gasteiger partial charge >= 0.3 is 0 Å². The van der Waals surface area contributed by atoms with Crippen molar-refractivity contribution in [3.63, 3.8) is 0 Å². The van der Waals surface area contributed by atoms with Crippen molar-refractivity contribution in [3.8, 4) is 5.75 Å². The Kier molecular flexibility index (Phi) is 3.95. The molecule has 1 fully saturated rings. The van der Waals surface area contributed by atoms with Crippen LogP contribution in [0.25, 0.3) is 0 Å². The highest BCUT2D eigenvalue weighted by molar-refractivity contribution is 5.42. The molecule has 2 N–H and O–H groups in total. The van der Waals surface area contributed by atoms with E-state index in [1.54, 1.807) is 0 Å². The molecule has 1 aromatic rings. The quantitative estimate of drug-likeness (QED) is 0.893. The number of aliphatic hydroxyl groups is 1. The lowest BCUT2D eigenvalue weighted by atomic mass is 9.78. The Morgan fingerprint density at radius 1 is 1.33 bits per heavy atom. The molecule has 1 aromatic carbocycles. The zero-order chi connectivity index (χ0) is 14.9. The SMILES string of the molecule is CC1(C)CC(CO)(NCC2CCCO2)c2ccccc2O1. The van der Waals surface area contributed by atoms with E-state index in [0.717, 1.165) is 43.7 Å². The molecule has 0 amide bonds. The van der Waals surface area contributed by atoms with Crippen molar-refractivity contribution in [1.82, 2.24) is 5.32 Å². The van der Waals surface area contributed by atoms with Gasteiger partial charge in [-0.05, 0) is 32.8 Å². The van der Waals surface area contributed by atoms with Gasteiger partial charge in [0.1, 0.15) is 11.4 Å². The molecule has 4 nitrogen and oxygen atoms in total. The van der Waals surface area contributed by atoms with Crippen LogP contribution in [0.3, 0.4) is 0 Å². The van der Waals surface area contributed by atoms with E-state index in [4.69, 9.17) is 9.47 Å². The molecule has 4 heteroatoms. The van der Waals surface area contributed by atoms with Crippen LogP contribution in [0, 0.1) is 0 Å². The molecule has 2 atom stereocenters. The number of rotatable bonds is 4. The molecular formula is C17H25NO3. The van der Waals surface area contributed by atoms with E-state index < -0.39 is 5.54 Å². The Balaban J connectivity index is 1.87. The van der Waals surface area contributed by atoms with Gasteiger partial charge in [0.05, 0.1) is 18.2 Å². The highest BCUT2D eigenvalue weighted by Crippen LogP contribution is 2.43. The Morgan fingerprint density at radius 3 is 2.86 bits per heavy atom. The van der Waals surface area contributed by atoms with E-state index >= 15 is 0 Å². The summed E-state index contributed by atoms with van der Waals surface area (Å²) < 4.78 is 11.8. The molecular weight excluding hydrogens is 266 g/mol. The van der Waals surface area contributed by atoms with Crippen LogP contribution in [0.2, 0.25) is 0 Å². The van der Waals surface area contributed by atoms with E-state index in [9.17, 15) is 5.11 Å². The first kappa shape index (κ1) is 14.8. The lowest BCUT2D eigenvalue weighted by Gasteiger charge is -2.46. The van der Waals surface area contributed by atoms with Gasteiger partial charge in [-0.2, -0.15) is 0 Å². The summed E-state index contributed by atoms with van der Waals surface area (Å²) in [5.74, 6) is 0.864. The van der Waals surface area contributed by atoms with Crippen molar-refractivity contribution in [1.29, 1.82) is 0 Å². The molecule has 2 aliphatic rings. The third kappa shape index (κ3) is 2.93. The van der Waals surface area contributed by atoms with Crippen LogP contribution in [0.15, 0.2) is 24.3 Å². The molecule has 2 heterocycles. The standard InChI is InChI=1S/C17H25NO3/c1-16(2)11-17(12-19,18-10-13-6-5-9-20-13)14-7-3-4-8-15(14)21-16/h3-4,7-8,13,18-19H,5-6,9-12H2,1-2H3. The fourth-order valence-electron chi connectivity index (χ4n) is 3.58. The van der Waals surface area contributed by atoms with Crippen molar-refractivity contribution < 1.29 is 14.6 Å². The van der Waals surface area contributed by atoms with Crippen molar-refractivity contribution in [2.75, 3.05) is 19.8 Å². The molecule has 0 aliphatic carbocycles. The van der Waals surface area contributed by atoms with Crippen LogP contribution < -0.4 is 10.1 Å². The van der Waals surface area contributed by atoms with E-state index in [-0.39, 0.29) is 18.3 Å². The minimum Gasteiger partial charge on any atom is -0.487 e. The molecule has 3 rings (SSSR count). The molecule has 2 unspecified atom stereocenters. The van der Waals surface area contributed by atoms with Gasteiger partial charge in [-0.15, -0.1) is 0 Å². The highest BCUT2D eigenvalue weighted by atomic mass is 16.5. The van der Waals surface area contributed by atoms with Gasteiger partial charge in [0.15, 0.2) is 0 Å². The summed E-state index contributed by atoms with van der Waals surface area (Å²) in [6.45, 7) is 5.82. The topological polar surface area (TPSA) is 50.7 Å². The van der Waals surface area contributed by atoms with E-state index in [1.165, 1.54) is 0 Å². The number of hydrogen-bond acceptors (Lipinski definition) is 4. The third-order valence-corrected chi connectivity index (χ3v) is 4.48. The molecule has 0 bridgehead atoms. The Labute approximate surface area is 126 Å². The van der Waals surface area contributed by atoms with E-state index in [1.807, 2.05) is 24.3 Å². The fourth-order valence-corrected chi connectivity index (χ4v) is 3.58. The average molecular weight is 291 g/mol. The van der Waals surface area contributed by atoms with Crippen molar-refractivity contribution in [3.05, 3.63) is 29.8 Å². The molecule has 0 radical (unpaired) electrons. The summed E-state index contributed by atoms with van der Waals surface area (Å²) in [5.41, 5.74) is 0.287. The summed E-state index contributed by atoms with van der Waals surface area (Å²) in [7, 11) is 0. The minimum absolute atomic E-state index is 0.0591. The summed E-state index contributed by atoms with van der Waals surface area (Å²) in [4.78, 5) is 0. The van der Waals surface area contributed by atoms with Gasteiger partial charge in [-0.1, -0.05) is 18.2 Å². The maximum absolute atomic E-state index is 10.1. The first-order valence-corrected chi connectivity index (χ1v) is 7.81. The Morgan fingerprint density at radius 2 is 2.14 bits per heavy atom. The largest absolute Gasteiger partial charge is 0.487 e. The van der Waals surface area contributed by atoms with E-state index in [2.05, 4.69) is 19.2 Å². The van der Waals surface area contributed by atoms with Gasteiger partial charge < -0.3 is 19.9 Å². The smallest absolute Gasteiger partial charge is 0.125 e.